The van der Waals surface area contributed by atoms with E-state index in [2.05, 4.69) is 0 Å². The van der Waals surface area contributed by atoms with Crippen LogP contribution in [-0.2, 0) is 4.65 Å². The van der Waals surface area contributed by atoms with Crippen LogP contribution in [0.1, 0.15) is 51.4 Å². The van der Waals surface area contributed by atoms with Gasteiger partial charge < -0.3 is 9.68 Å². The highest BCUT2D eigenvalue weighted by Crippen LogP contribution is 2.33. The quantitative estimate of drug-likeness (QED) is 0.679. The minimum Gasteiger partial charge on any atom is -0.427 e. The maximum absolute atomic E-state index is 9.79. The molecule has 0 aromatic carbocycles. The second-order valence-corrected chi connectivity index (χ2v) is 4.48. The number of rotatable bonds is 3. The van der Waals surface area contributed by atoms with Crippen LogP contribution in [0.3, 0.4) is 0 Å². The van der Waals surface area contributed by atoms with Crippen molar-refractivity contribution < 1.29 is 9.68 Å². The van der Waals surface area contributed by atoms with Crippen molar-refractivity contribution in [1.82, 2.24) is 0 Å². The first-order valence-corrected chi connectivity index (χ1v) is 5.70. The monoisotopic (exact) mass is 182 g/mol. The third-order valence-electron chi connectivity index (χ3n) is 3.44. The Balaban J connectivity index is 1.73. The minimum atomic E-state index is -0.467. The van der Waals surface area contributed by atoms with Crippen LogP contribution in [0.25, 0.3) is 0 Å². The van der Waals surface area contributed by atoms with E-state index in [1.54, 1.807) is 0 Å². The van der Waals surface area contributed by atoms with E-state index < -0.39 is 7.12 Å². The van der Waals surface area contributed by atoms with Gasteiger partial charge in [-0.2, -0.15) is 0 Å². The molecule has 2 aliphatic rings. The minimum absolute atomic E-state index is 0.357. The molecule has 0 saturated heterocycles. The second-order valence-electron chi connectivity index (χ2n) is 4.48. The van der Waals surface area contributed by atoms with E-state index in [4.69, 9.17) is 4.65 Å². The lowest BCUT2D eigenvalue weighted by Crippen LogP contribution is -2.28. The van der Waals surface area contributed by atoms with Crippen molar-refractivity contribution in [2.45, 2.75) is 63.3 Å². The molecule has 2 nitrogen and oxygen atoms in total. The number of hydrogen-bond acceptors (Lipinski definition) is 2. The third-order valence-corrected chi connectivity index (χ3v) is 3.44. The van der Waals surface area contributed by atoms with E-state index in [1.165, 1.54) is 25.7 Å². The molecule has 0 spiro atoms. The van der Waals surface area contributed by atoms with Gasteiger partial charge in [0.15, 0.2) is 0 Å². The van der Waals surface area contributed by atoms with Crippen LogP contribution in [0.4, 0.5) is 0 Å². The summed E-state index contributed by atoms with van der Waals surface area (Å²) >= 11 is 0. The Hall–Kier alpha value is -0.0151. The van der Waals surface area contributed by atoms with Gasteiger partial charge in [0.25, 0.3) is 0 Å². The van der Waals surface area contributed by atoms with Gasteiger partial charge in [-0.3, -0.25) is 0 Å². The van der Waals surface area contributed by atoms with E-state index in [1.807, 2.05) is 0 Å². The van der Waals surface area contributed by atoms with Crippen LogP contribution >= 0.6 is 0 Å². The molecule has 0 heterocycles. The van der Waals surface area contributed by atoms with Crippen LogP contribution in [0.2, 0.25) is 5.82 Å². The molecule has 0 aliphatic heterocycles. The van der Waals surface area contributed by atoms with Gasteiger partial charge in [-0.05, 0) is 18.7 Å². The molecule has 0 radical (unpaired) electrons. The summed E-state index contributed by atoms with van der Waals surface area (Å²) in [5.74, 6) is 0.431. The Bertz CT molecular complexity index is 151. The lowest BCUT2D eigenvalue weighted by atomic mass is 9.71. The summed E-state index contributed by atoms with van der Waals surface area (Å²) in [7, 11) is -0.467. The van der Waals surface area contributed by atoms with E-state index in [0.717, 1.165) is 25.7 Å². The summed E-state index contributed by atoms with van der Waals surface area (Å²) in [5.41, 5.74) is 0. The van der Waals surface area contributed by atoms with Crippen LogP contribution in [0, 0.1) is 0 Å². The SMILES string of the molecule is OB(OC1CCCC1)C1CCCC1. The lowest BCUT2D eigenvalue weighted by molar-refractivity contribution is 0.165. The molecule has 2 saturated carbocycles. The summed E-state index contributed by atoms with van der Waals surface area (Å²) in [6.07, 6.45) is 10.1. The molecule has 0 unspecified atom stereocenters. The predicted octanol–water partition coefficient (Wildman–Crippen LogP) is 2.37. The summed E-state index contributed by atoms with van der Waals surface area (Å²) in [5, 5.41) is 9.79. The topological polar surface area (TPSA) is 29.5 Å². The molecule has 13 heavy (non-hydrogen) atoms. The van der Waals surface area contributed by atoms with Crippen LogP contribution in [0.5, 0.6) is 0 Å². The molecule has 3 heteroatoms. The molecule has 2 fully saturated rings. The molecule has 0 bridgehead atoms. The zero-order valence-electron chi connectivity index (χ0n) is 8.24. The molecule has 0 atom stereocenters. The van der Waals surface area contributed by atoms with Gasteiger partial charge in [0.2, 0.25) is 0 Å². The van der Waals surface area contributed by atoms with Crippen molar-refractivity contribution >= 4 is 7.12 Å². The maximum atomic E-state index is 9.79. The van der Waals surface area contributed by atoms with E-state index in [-0.39, 0.29) is 0 Å². The fraction of sp³-hybridized carbons (Fsp3) is 1.00. The Morgan fingerprint density at radius 1 is 0.923 bits per heavy atom. The summed E-state index contributed by atoms with van der Waals surface area (Å²) < 4.78 is 5.65. The first kappa shape index (κ1) is 9.54. The highest BCUT2D eigenvalue weighted by Gasteiger charge is 2.32. The molecule has 0 aromatic rings. The Morgan fingerprint density at radius 2 is 1.46 bits per heavy atom. The molecular formula is C10H19BO2. The molecule has 74 valence electrons. The van der Waals surface area contributed by atoms with Crippen molar-refractivity contribution in [1.29, 1.82) is 0 Å². The molecule has 2 aliphatic carbocycles. The zero-order chi connectivity index (χ0) is 9.10. The van der Waals surface area contributed by atoms with Gasteiger partial charge in [0.05, 0.1) is 0 Å². The fourth-order valence-corrected chi connectivity index (χ4v) is 2.58. The van der Waals surface area contributed by atoms with Gasteiger partial charge in [-0.1, -0.05) is 38.5 Å². The Morgan fingerprint density at radius 3 is 2.08 bits per heavy atom. The summed E-state index contributed by atoms with van der Waals surface area (Å²) in [6, 6.07) is 0. The zero-order valence-corrected chi connectivity index (χ0v) is 8.24. The van der Waals surface area contributed by atoms with Crippen molar-refractivity contribution in [3.8, 4) is 0 Å². The predicted molar refractivity (Wildman–Crippen MR) is 53.5 cm³/mol. The van der Waals surface area contributed by atoms with E-state index >= 15 is 0 Å². The van der Waals surface area contributed by atoms with Crippen LogP contribution in [-0.4, -0.2) is 18.2 Å². The van der Waals surface area contributed by atoms with Crippen LogP contribution < -0.4 is 0 Å². The van der Waals surface area contributed by atoms with Gasteiger partial charge in [0.1, 0.15) is 0 Å². The molecule has 0 aromatic heterocycles. The lowest BCUT2D eigenvalue weighted by Gasteiger charge is -2.18. The smallest absolute Gasteiger partial charge is 0.427 e. The molecule has 1 N–H and O–H groups in total. The third kappa shape index (κ3) is 2.47. The van der Waals surface area contributed by atoms with Gasteiger partial charge in [-0.25, -0.2) is 0 Å². The number of hydrogen-bond donors (Lipinski definition) is 1. The van der Waals surface area contributed by atoms with Gasteiger partial charge in [0, 0.05) is 6.10 Å². The average molecular weight is 182 g/mol. The second kappa shape index (κ2) is 4.47. The van der Waals surface area contributed by atoms with Crippen LogP contribution in [0.15, 0.2) is 0 Å². The standard InChI is InChI=1S/C10H19BO2/c12-11(9-5-1-2-6-9)13-10-7-3-4-8-10/h9-10,12H,1-8H2. The molecule has 2 rings (SSSR count). The summed E-state index contributed by atoms with van der Waals surface area (Å²) in [4.78, 5) is 0. The van der Waals surface area contributed by atoms with E-state index in [9.17, 15) is 5.02 Å². The Kier molecular flexibility index (Phi) is 3.28. The Labute approximate surface area is 80.8 Å². The van der Waals surface area contributed by atoms with Gasteiger partial charge >= 0.3 is 7.12 Å². The van der Waals surface area contributed by atoms with Crippen molar-refractivity contribution in [3.63, 3.8) is 0 Å². The highest BCUT2D eigenvalue weighted by atomic mass is 16.5. The molecule has 0 amide bonds. The summed E-state index contributed by atoms with van der Waals surface area (Å²) in [6.45, 7) is 0. The van der Waals surface area contributed by atoms with E-state index in [0.29, 0.717) is 11.9 Å². The van der Waals surface area contributed by atoms with Crippen molar-refractivity contribution in [2.75, 3.05) is 0 Å². The van der Waals surface area contributed by atoms with Gasteiger partial charge in [-0.15, -0.1) is 0 Å². The molecular weight excluding hydrogens is 163 g/mol. The first-order valence-electron chi connectivity index (χ1n) is 5.70. The highest BCUT2D eigenvalue weighted by molar-refractivity contribution is 6.44. The average Bonchev–Trinajstić information content (AvgIpc) is 2.74. The van der Waals surface area contributed by atoms with Crippen molar-refractivity contribution in [3.05, 3.63) is 0 Å². The largest absolute Gasteiger partial charge is 0.457 e. The fourth-order valence-electron chi connectivity index (χ4n) is 2.58. The first-order chi connectivity index (χ1) is 6.36. The normalized spacial score (nSPS) is 25.6. The van der Waals surface area contributed by atoms with Crippen molar-refractivity contribution in [2.24, 2.45) is 0 Å². The maximum Gasteiger partial charge on any atom is 0.457 e.